The summed E-state index contributed by atoms with van der Waals surface area (Å²) in [6, 6.07) is 7.23. The highest BCUT2D eigenvalue weighted by atomic mass is 16.2. The van der Waals surface area contributed by atoms with Gasteiger partial charge in [0.25, 0.3) is 0 Å². The van der Waals surface area contributed by atoms with Gasteiger partial charge in [-0.15, -0.1) is 0 Å². The number of aromatic amines is 1. The summed E-state index contributed by atoms with van der Waals surface area (Å²) < 4.78 is 0. The molecule has 1 heterocycles. The summed E-state index contributed by atoms with van der Waals surface area (Å²) in [5.41, 5.74) is 1.71. The van der Waals surface area contributed by atoms with E-state index in [0.29, 0.717) is 6.54 Å². The van der Waals surface area contributed by atoms with E-state index in [4.69, 9.17) is 0 Å². The summed E-state index contributed by atoms with van der Waals surface area (Å²) in [6.45, 7) is 0.634. The topological polar surface area (TPSA) is 81.8 Å². The second-order valence-electron chi connectivity index (χ2n) is 3.67. The summed E-state index contributed by atoms with van der Waals surface area (Å²) in [4.78, 5) is 18.2. The third-order valence-corrected chi connectivity index (χ3v) is 2.38. The van der Waals surface area contributed by atoms with Gasteiger partial charge in [0, 0.05) is 30.8 Å². The maximum absolute atomic E-state index is 11.1. The summed E-state index contributed by atoms with van der Waals surface area (Å²) in [5, 5.41) is 8.41. The maximum Gasteiger partial charge on any atom is 0.318 e. The van der Waals surface area contributed by atoms with Crippen molar-refractivity contribution in [3.05, 3.63) is 42.5 Å². The number of nitrogens with one attached hydrogen (secondary N) is 4. The third-order valence-electron chi connectivity index (χ3n) is 2.38. The van der Waals surface area contributed by atoms with Crippen LogP contribution in [0.15, 0.2) is 36.7 Å². The zero-order valence-electron chi connectivity index (χ0n) is 10.0. The Balaban J connectivity index is 1.89. The largest absolute Gasteiger partial charge is 0.378 e. The number of urea groups is 1. The maximum atomic E-state index is 11.1. The molecule has 0 atom stereocenters. The first kappa shape index (κ1) is 12.0. The monoisotopic (exact) mass is 245 g/mol. The third kappa shape index (κ3) is 3.24. The predicted molar refractivity (Wildman–Crippen MR) is 70.4 cm³/mol. The van der Waals surface area contributed by atoms with Crippen molar-refractivity contribution in [2.24, 2.45) is 0 Å². The molecule has 2 aromatic rings. The fourth-order valence-electron chi connectivity index (χ4n) is 1.45. The highest BCUT2D eigenvalue weighted by molar-refractivity contribution is 5.89. The van der Waals surface area contributed by atoms with Crippen molar-refractivity contribution in [1.82, 2.24) is 15.3 Å². The lowest BCUT2D eigenvalue weighted by Gasteiger charge is -2.07. The molecule has 0 saturated heterocycles. The van der Waals surface area contributed by atoms with Gasteiger partial charge in [-0.25, -0.2) is 9.78 Å². The fourth-order valence-corrected chi connectivity index (χ4v) is 1.45. The number of hydrogen-bond donors (Lipinski definition) is 4. The van der Waals surface area contributed by atoms with Crippen molar-refractivity contribution in [3.8, 4) is 0 Å². The molecule has 6 nitrogen and oxygen atoms in total. The van der Waals surface area contributed by atoms with Crippen molar-refractivity contribution >= 4 is 17.4 Å². The average Bonchev–Trinajstić information content (AvgIpc) is 2.91. The van der Waals surface area contributed by atoms with Gasteiger partial charge in [0.05, 0.1) is 6.54 Å². The van der Waals surface area contributed by atoms with Gasteiger partial charge in [0.1, 0.15) is 5.82 Å². The Kier molecular flexibility index (Phi) is 3.80. The fraction of sp³-hybridized carbons (Fsp3) is 0.167. The Labute approximate surface area is 105 Å². The molecule has 1 aromatic carbocycles. The number of hydrogen-bond acceptors (Lipinski definition) is 3. The molecule has 1 aromatic heterocycles. The summed E-state index contributed by atoms with van der Waals surface area (Å²) in [5.74, 6) is 0.877. The van der Waals surface area contributed by atoms with Gasteiger partial charge in [0.2, 0.25) is 0 Å². The number of rotatable bonds is 4. The van der Waals surface area contributed by atoms with Gasteiger partial charge in [0.15, 0.2) is 0 Å². The number of aromatic nitrogens is 2. The van der Waals surface area contributed by atoms with Crippen molar-refractivity contribution < 1.29 is 4.79 Å². The van der Waals surface area contributed by atoms with Crippen molar-refractivity contribution in [2.75, 3.05) is 17.7 Å². The van der Waals surface area contributed by atoms with Crippen molar-refractivity contribution in [2.45, 2.75) is 6.54 Å². The number of carbonyl (C=O) groups excluding carboxylic acids is 1. The molecule has 2 amide bonds. The van der Waals surface area contributed by atoms with Gasteiger partial charge < -0.3 is 20.9 Å². The lowest BCUT2D eigenvalue weighted by molar-refractivity contribution is 0.254. The minimum atomic E-state index is -0.230. The highest BCUT2D eigenvalue weighted by Gasteiger charge is 1.99. The SMILES string of the molecule is CNC(=O)Nc1ccc(NCc2ncc[nH]2)cc1. The molecule has 0 aliphatic carbocycles. The summed E-state index contributed by atoms with van der Waals surface area (Å²) in [7, 11) is 1.58. The normalized spacial score (nSPS) is 9.83. The molecule has 0 aliphatic heterocycles. The van der Waals surface area contributed by atoms with Crippen LogP contribution in [-0.4, -0.2) is 23.0 Å². The number of carbonyl (C=O) groups is 1. The minimum Gasteiger partial charge on any atom is -0.378 e. The Morgan fingerprint density at radius 2 is 2.00 bits per heavy atom. The average molecular weight is 245 g/mol. The molecule has 4 N–H and O–H groups in total. The van der Waals surface area contributed by atoms with E-state index in [0.717, 1.165) is 17.2 Å². The van der Waals surface area contributed by atoms with Crippen LogP contribution in [0.3, 0.4) is 0 Å². The minimum absolute atomic E-state index is 0.230. The van der Waals surface area contributed by atoms with E-state index in [1.54, 1.807) is 19.4 Å². The van der Waals surface area contributed by atoms with Crippen LogP contribution in [0, 0.1) is 0 Å². The first-order chi connectivity index (χ1) is 8.78. The van der Waals surface area contributed by atoms with Crippen LogP contribution in [0.1, 0.15) is 5.82 Å². The highest BCUT2D eigenvalue weighted by Crippen LogP contribution is 2.13. The van der Waals surface area contributed by atoms with E-state index in [2.05, 4.69) is 25.9 Å². The number of benzene rings is 1. The lowest BCUT2D eigenvalue weighted by Crippen LogP contribution is -2.24. The van der Waals surface area contributed by atoms with Crippen molar-refractivity contribution in [3.63, 3.8) is 0 Å². The second kappa shape index (κ2) is 5.72. The molecule has 0 unspecified atom stereocenters. The number of imidazole rings is 1. The van der Waals surface area contributed by atoms with E-state index in [1.165, 1.54) is 0 Å². The second-order valence-corrected chi connectivity index (χ2v) is 3.67. The molecular formula is C12H15N5O. The van der Waals surface area contributed by atoms with Gasteiger partial charge in [-0.2, -0.15) is 0 Å². The van der Waals surface area contributed by atoms with Crippen LogP contribution in [0.2, 0.25) is 0 Å². The van der Waals surface area contributed by atoms with E-state index >= 15 is 0 Å². The molecule has 18 heavy (non-hydrogen) atoms. The zero-order chi connectivity index (χ0) is 12.8. The quantitative estimate of drug-likeness (QED) is 0.662. The van der Waals surface area contributed by atoms with Crippen LogP contribution < -0.4 is 16.0 Å². The van der Waals surface area contributed by atoms with Crippen LogP contribution >= 0.6 is 0 Å². The van der Waals surface area contributed by atoms with E-state index in [9.17, 15) is 4.79 Å². The Morgan fingerprint density at radius 3 is 2.61 bits per heavy atom. The Hall–Kier alpha value is -2.50. The molecule has 0 fully saturated rings. The molecular weight excluding hydrogens is 230 g/mol. The molecule has 0 saturated carbocycles. The van der Waals surface area contributed by atoms with E-state index in [-0.39, 0.29) is 6.03 Å². The van der Waals surface area contributed by atoms with Crippen LogP contribution in [0.5, 0.6) is 0 Å². The van der Waals surface area contributed by atoms with Gasteiger partial charge in [-0.05, 0) is 24.3 Å². The smallest absolute Gasteiger partial charge is 0.318 e. The van der Waals surface area contributed by atoms with E-state index < -0.39 is 0 Å². The van der Waals surface area contributed by atoms with Crippen molar-refractivity contribution in [1.29, 1.82) is 0 Å². The first-order valence-corrected chi connectivity index (χ1v) is 5.59. The Bertz CT molecular complexity index is 492. The molecule has 0 spiro atoms. The zero-order valence-corrected chi connectivity index (χ0v) is 10.0. The van der Waals surface area contributed by atoms with Gasteiger partial charge in [-0.1, -0.05) is 0 Å². The number of anilines is 2. The predicted octanol–water partition coefficient (Wildman–Crippen LogP) is 1.77. The molecule has 6 heteroatoms. The summed E-state index contributed by atoms with van der Waals surface area (Å²) >= 11 is 0. The first-order valence-electron chi connectivity index (χ1n) is 5.59. The summed E-state index contributed by atoms with van der Waals surface area (Å²) in [6.07, 6.45) is 3.50. The van der Waals surface area contributed by atoms with Crippen LogP contribution in [0.4, 0.5) is 16.2 Å². The number of nitrogens with zero attached hydrogens (tertiary/aromatic N) is 1. The van der Waals surface area contributed by atoms with E-state index in [1.807, 2.05) is 24.3 Å². The Morgan fingerprint density at radius 1 is 1.28 bits per heavy atom. The molecule has 0 radical (unpaired) electrons. The molecule has 94 valence electrons. The number of H-pyrrole nitrogens is 1. The number of amides is 2. The molecule has 0 aliphatic rings. The van der Waals surface area contributed by atoms with Gasteiger partial charge >= 0.3 is 6.03 Å². The standard InChI is InChI=1S/C12H15N5O/c1-13-12(18)17-10-4-2-9(3-5-10)16-8-11-14-6-7-15-11/h2-7,16H,8H2,1H3,(H,14,15)(H2,13,17,18). The van der Waals surface area contributed by atoms with Gasteiger partial charge in [-0.3, -0.25) is 0 Å². The molecule has 2 rings (SSSR count). The molecule has 0 bridgehead atoms. The van der Waals surface area contributed by atoms with Crippen LogP contribution in [0.25, 0.3) is 0 Å². The lowest BCUT2D eigenvalue weighted by atomic mass is 10.3. The van der Waals surface area contributed by atoms with Crippen LogP contribution in [-0.2, 0) is 6.54 Å².